The topological polar surface area (TPSA) is 99.4 Å². The minimum absolute atomic E-state index is 0.0682. The molecular formula is C12H24O6. The molecule has 0 aromatic carbocycles. The summed E-state index contributed by atoms with van der Waals surface area (Å²) in [6, 6.07) is 0. The van der Waals surface area contributed by atoms with Crippen LogP contribution in [-0.2, 0) is 9.47 Å². The fourth-order valence-electron chi connectivity index (χ4n) is 1.83. The molecule has 108 valence electrons. The molecule has 1 aliphatic heterocycles. The second kappa shape index (κ2) is 8.04. The molecular weight excluding hydrogens is 240 g/mol. The van der Waals surface area contributed by atoms with E-state index in [0.29, 0.717) is 6.42 Å². The standard InChI is InChI=1S/C12H24O6/c1-2-3-4-8(13)5-6-17-12-11(16)10(15)9(14)7-18-12/h8-16H,2-7H2,1H3/t8-,9+,10?,11?,12?/m1/s1. The summed E-state index contributed by atoms with van der Waals surface area (Å²) in [7, 11) is 0. The first-order valence-corrected chi connectivity index (χ1v) is 6.51. The monoisotopic (exact) mass is 264 g/mol. The van der Waals surface area contributed by atoms with E-state index in [1.807, 2.05) is 0 Å². The number of ether oxygens (including phenoxy) is 2. The van der Waals surface area contributed by atoms with Gasteiger partial charge in [-0.3, -0.25) is 0 Å². The van der Waals surface area contributed by atoms with Gasteiger partial charge in [0.1, 0.15) is 18.3 Å². The molecule has 18 heavy (non-hydrogen) atoms. The third kappa shape index (κ3) is 4.79. The molecule has 0 aliphatic carbocycles. The van der Waals surface area contributed by atoms with Gasteiger partial charge < -0.3 is 29.9 Å². The normalized spacial score (nSPS) is 34.5. The van der Waals surface area contributed by atoms with Crippen molar-refractivity contribution in [2.24, 2.45) is 0 Å². The average Bonchev–Trinajstić information content (AvgIpc) is 2.36. The van der Waals surface area contributed by atoms with Gasteiger partial charge in [-0.25, -0.2) is 0 Å². The van der Waals surface area contributed by atoms with Gasteiger partial charge in [0.25, 0.3) is 0 Å². The summed E-state index contributed by atoms with van der Waals surface area (Å²) in [6.45, 7) is 2.23. The largest absolute Gasteiger partial charge is 0.393 e. The Balaban J connectivity index is 2.19. The zero-order chi connectivity index (χ0) is 13.5. The maximum Gasteiger partial charge on any atom is 0.186 e. The molecule has 0 amide bonds. The summed E-state index contributed by atoms with van der Waals surface area (Å²) in [6.07, 6.45) is -1.77. The highest BCUT2D eigenvalue weighted by Crippen LogP contribution is 2.17. The highest BCUT2D eigenvalue weighted by atomic mass is 16.7. The fourth-order valence-corrected chi connectivity index (χ4v) is 1.83. The van der Waals surface area contributed by atoms with E-state index in [4.69, 9.17) is 9.47 Å². The lowest BCUT2D eigenvalue weighted by Gasteiger charge is -2.34. The quantitative estimate of drug-likeness (QED) is 0.489. The molecule has 1 rings (SSSR count). The first kappa shape index (κ1) is 15.8. The Morgan fingerprint density at radius 1 is 1.22 bits per heavy atom. The van der Waals surface area contributed by atoms with Gasteiger partial charge in [0.2, 0.25) is 0 Å². The molecule has 0 aromatic heterocycles. The summed E-state index contributed by atoms with van der Waals surface area (Å²) in [5, 5.41) is 37.9. The predicted octanol–water partition coefficient (Wildman–Crippen LogP) is -0.617. The highest BCUT2D eigenvalue weighted by Gasteiger charge is 2.38. The van der Waals surface area contributed by atoms with E-state index in [1.165, 1.54) is 0 Å². The second-order valence-corrected chi connectivity index (χ2v) is 4.71. The minimum atomic E-state index is -1.26. The zero-order valence-electron chi connectivity index (χ0n) is 10.7. The number of unbranched alkanes of at least 4 members (excludes halogenated alkanes) is 1. The van der Waals surface area contributed by atoms with E-state index in [2.05, 4.69) is 6.92 Å². The van der Waals surface area contributed by atoms with Gasteiger partial charge in [-0.05, 0) is 12.8 Å². The minimum Gasteiger partial charge on any atom is -0.393 e. The van der Waals surface area contributed by atoms with Crippen LogP contribution in [0.5, 0.6) is 0 Å². The van der Waals surface area contributed by atoms with Crippen LogP contribution in [0.4, 0.5) is 0 Å². The number of rotatable bonds is 7. The van der Waals surface area contributed by atoms with Crippen LogP contribution >= 0.6 is 0 Å². The van der Waals surface area contributed by atoms with Crippen LogP contribution in [0.2, 0.25) is 0 Å². The molecule has 0 bridgehead atoms. The van der Waals surface area contributed by atoms with Gasteiger partial charge in [0, 0.05) is 0 Å². The summed E-state index contributed by atoms with van der Waals surface area (Å²) in [4.78, 5) is 0. The van der Waals surface area contributed by atoms with Crippen molar-refractivity contribution < 1.29 is 29.9 Å². The Morgan fingerprint density at radius 2 is 1.94 bits per heavy atom. The van der Waals surface area contributed by atoms with E-state index in [-0.39, 0.29) is 13.2 Å². The van der Waals surface area contributed by atoms with Crippen molar-refractivity contribution in [3.63, 3.8) is 0 Å². The van der Waals surface area contributed by atoms with E-state index in [9.17, 15) is 20.4 Å². The first-order chi connectivity index (χ1) is 8.56. The Labute approximate surface area is 107 Å². The van der Waals surface area contributed by atoms with Crippen LogP contribution in [0.1, 0.15) is 32.6 Å². The summed E-state index contributed by atoms with van der Waals surface area (Å²) in [5.41, 5.74) is 0. The van der Waals surface area contributed by atoms with Crippen molar-refractivity contribution in [1.82, 2.24) is 0 Å². The van der Waals surface area contributed by atoms with Gasteiger partial charge in [-0.1, -0.05) is 19.8 Å². The zero-order valence-corrected chi connectivity index (χ0v) is 10.7. The maximum atomic E-state index is 9.60. The van der Waals surface area contributed by atoms with Gasteiger partial charge in [0.05, 0.1) is 19.3 Å². The molecule has 1 heterocycles. The molecule has 4 N–H and O–H groups in total. The first-order valence-electron chi connectivity index (χ1n) is 6.51. The number of aliphatic hydroxyl groups excluding tert-OH is 4. The summed E-state index contributed by atoms with van der Waals surface area (Å²) in [5.74, 6) is 0. The van der Waals surface area contributed by atoms with E-state index < -0.39 is 30.7 Å². The van der Waals surface area contributed by atoms with Crippen LogP contribution in [0, 0.1) is 0 Å². The van der Waals surface area contributed by atoms with Crippen LogP contribution in [0.3, 0.4) is 0 Å². The Bertz CT molecular complexity index is 225. The van der Waals surface area contributed by atoms with Gasteiger partial charge >= 0.3 is 0 Å². The molecule has 0 aromatic rings. The second-order valence-electron chi connectivity index (χ2n) is 4.71. The molecule has 6 heteroatoms. The van der Waals surface area contributed by atoms with Crippen molar-refractivity contribution in [2.45, 2.75) is 63.3 Å². The molecule has 1 saturated heterocycles. The van der Waals surface area contributed by atoms with Crippen LogP contribution < -0.4 is 0 Å². The average molecular weight is 264 g/mol. The Hall–Kier alpha value is -0.240. The molecule has 5 atom stereocenters. The summed E-state index contributed by atoms with van der Waals surface area (Å²) >= 11 is 0. The predicted molar refractivity (Wildman–Crippen MR) is 63.9 cm³/mol. The van der Waals surface area contributed by atoms with Gasteiger partial charge in [0.15, 0.2) is 6.29 Å². The molecule has 1 aliphatic rings. The third-order valence-electron chi connectivity index (χ3n) is 3.08. The van der Waals surface area contributed by atoms with E-state index in [0.717, 1.165) is 19.3 Å². The Kier molecular flexibility index (Phi) is 7.06. The van der Waals surface area contributed by atoms with Crippen molar-refractivity contribution in [1.29, 1.82) is 0 Å². The number of hydrogen-bond acceptors (Lipinski definition) is 6. The molecule has 0 spiro atoms. The number of aliphatic hydroxyl groups is 4. The SMILES string of the molecule is CCCC[C@@H](O)CCOC1OC[C@H](O)C(O)C1O. The van der Waals surface area contributed by atoms with Crippen LogP contribution in [0.25, 0.3) is 0 Å². The van der Waals surface area contributed by atoms with Crippen LogP contribution in [-0.4, -0.2) is 64.3 Å². The summed E-state index contributed by atoms with van der Waals surface area (Å²) < 4.78 is 10.3. The Morgan fingerprint density at radius 3 is 2.61 bits per heavy atom. The van der Waals surface area contributed by atoms with Crippen LogP contribution in [0.15, 0.2) is 0 Å². The number of hydrogen-bond donors (Lipinski definition) is 4. The molecule has 0 saturated carbocycles. The van der Waals surface area contributed by atoms with Gasteiger partial charge in [-0.15, -0.1) is 0 Å². The molecule has 3 unspecified atom stereocenters. The molecule has 1 fully saturated rings. The van der Waals surface area contributed by atoms with E-state index in [1.54, 1.807) is 0 Å². The van der Waals surface area contributed by atoms with Crippen molar-refractivity contribution in [3.05, 3.63) is 0 Å². The molecule has 0 radical (unpaired) electrons. The lowest BCUT2D eigenvalue weighted by Crippen LogP contribution is -2.53. The smallest absolute Gasteiger partial charge is 0.186 e. The third-order valence-corrected chi connectivity index (χ3v) is 3.08. The molecule has 6 nitrogen and oxygen atoms in total. The fraction of sp³-hybridized carbons (Fsp3) is 1.00. The van der Waals surface area contributed by atoms with Crippen molar-refractivity contribution in [3.8, 4) is 0 Å². The van der Waals surface area contributed by atoms with Gasteiger partial charge in [-0.2, -0.15) is 0 Å². The highest BCUT2D eigenvalue weighted by molar-refractivity contribution is 4.82. The lowest BCUT2D eigenvalue weighted by molar-refractivity contribution is -0.270. The lowest BCUT2D eigenvalue weighted by atomic mass is 10.1. The van der Waals surface area contributed by atoms with Crippen molar-refractivity contribution in [2.75, 3.05) is 13.2 Å². The maximum absolute atomic E-state index is 9.60. The van der Waals surface area contributed by atoms with Crippen molar-refractivity contribution >= 4 is 0 Å². The van der Waals surface area contributed by atoms with E-state index >= 15 is 0 Å².